The number of benzene rings is 3. The highest BCUT2D eigenvalue weighted by molar-refractivity contribution is 7.89. The Morgan fingerprint density at radius 3 is 2.39 bits per heavy atom. The topological polar surface area (TPSA) is 140 Å². The molecule has 1 aliphatic heterocycles. The van der Waals surface area contributed by atoms with Gasteiger partial charge in [0.1, 0.15) is 18.0 Å². The second-order valence-corrected chi connectivity index (χ2v) is 13.2. The zero-order valence-electron chi connectivity index (χ0n) is 25.2. The van der Waals surface area contributed by atoms with E-state index in [1.54, 1.807) is 12.1 Å². The third-order valence-electron chi connectivity index (χ3n) is 8.68. The minimum absolute atomic E-state index is 0.0247. The quantitative estimate of drug-likeness (QED) is 0.254. The predicted octanol–water partition coefficient (Wildman–Crippen LogP) is 6.35. The van der Waals surface area contributed by atoms with Gasteiger partial charge in [0.15, 0.2) is 6.29 Å². The Morgan fingerprint density at radius 1 is 0.955 bits per heavy atom. The summed E-state index contributed by atoms with van der Waals surface area (Å²) in [6.45, 7) is 2.25. The van der Waals surface area contributed by atoms with Crippen molar-refractivity contribution in [2.45, 2.75) is 87.1 Å². The second-order valence-electron chi connectivity index (χ2n) is 11.7. The Hall–Kier alpha value is -3.44. The third kappa shape index (κ3) is 7.61. The lowest BCUT2D eigenvalue weighted by Crippen LogP contribution is -2.45. The monoisotopic (exact) mass is 622 g/mol. The van der Waals surface area contributed by atoms with E-state index in [1.165, 1.54) is 6.42 Å². The average molecular weight is 623 g/mol. The molecule has 1 saturated heterocycles. The standard InChI is InChI=1S/C34H42N2O7S/c1-24(34(23-41-33(35)37,27-12-4-2-5-13-27)43-32-17-8-9-20-40-32)25-18-19-30(31(22-25)44(36,38)39)26-11-10-16-29(21-26)42-28-14-6-3-7-15-28/h2,4-5,10-13,16,18-19,21-22,24,28,32H,3,6-9,14-15,17,20,23H2,1H3,(H2,35,37)(H2,36,38,39)/t24?,32?,34-/m1/s1. The summed E-state index contributed by atoms with van der Waals surface area (Å²) < 4.78 is 50.5. The highest BCUT2D eigenvalue weighted by atomic mass is 32.2. The SMILES string of the molecule is CC(c1ccc(-c2cccc(OC3CCCCC3)c2)c(S(N)(=O)=O)c1)[C@@](COC(N)=O)(OC1CCCCO1)c1ccccc1. The van der Waals surface area contributed by atoms with Crippen LogP contribution in [0.15, 0.2) is 77.7 Å². The van der Waals surface area contributed by atoms with E-state index < -0.39 is 33.9 Å². The molecule has 3 atom stereocenters. The van der Waals surface area contributed by atoms with Gasteiger partial charge >= 0.3 is 6.09 Å². The number of amides is 1. The summed E-state index contributed by atoms with van der Waals surface area (Å²) in [5.41, 5.74) is 6.69. The molecule has 3 aromatic carbocycles. The molecule has 2 unspecified atom stereocenters. The molecule has 2 fully saturated rings. The van der Waals surface area contributed by atoms with Gasteiger partial charge in [-0.1, -0.05) is 67.9 Å². The smallest absolute Gasteiger partial charge is 0.404 e. The molecule has 1 amide bonds. The largest absolute Gasteiger partial charge is 0.490 e. The number of hydrogen-bond donors (Lipinski definition) is 2. The van der Waals surface area contributed by atoms with Gasteiger partial charge in [0, 0.05) is 18.1 Å². The first-order valence-corrected chi connectivity index (χ1v) is 16.9. The van der Waals surface area contributed by atoms with Crippen LogP contribution in [0.4, 0.5) is 4.79 Å². The van der Waals surface area contributed by atoms with Crippen molar-refractivity contribution in [2.24, 2.45) is 10.9 Å². The number of carbonyl (C=O) groups is 1. The highest BCUT2D eigenvalue weighted by Crippen LogP contribution is 2.44. The minimum Gasteiger partial charge on any atom is -0.490 e. The molecule has 3 aromatic rings. The number of rotatable bonds is 11. The van der Waals surface area contributed by atoms with Gasteiger partial charge in [-0.15, -0.1) is 0 Å². The van der Waals surface area contributed by atoms with Crippen LogP contribution in [0.25, 0.3) is 11.1 Å². The van der Waals surface area contributed by atoms with Crippen molar-refractivity contribution in [1.82, 2.24) is 0 Å². The molecular formula is C34H42N2O7S. The average Bonchev–Trinajstić information content (AvgIpc) is 3.03. The summed E-state index contributed by atoms with van der Waals surface area (Å²) in [4.78, 5) is 11.9. The molecule has 9 nitrogen and oxygen atoms in total. The number of primary sulfonamides is 1. The van der Waals surface area contributed by atoms with Gasteiger partial charge < -0.3 is 24.7 Å². The van der Waals surface area contributed by atoms with Crippen LogP contribution in [0, 0.1) is 0 Å². The van der Waals surface area contributed by atoms with Gasteiger partial charge in [0.2, 0.25) is 10.0 Å². The minimum atomic E-state index is -4.15. The van der Waals surface area contributed by atoms with E-state index in [0.717, 1.165) is 44.1 Å². The number of carbonyl (C=O) groups excluding carboxylic acids is 1. The molecule has 1 heterocycles. The normalized spacial score (nSPS) is 19.9. The maximum atomic E-state index is 13.1. The predicted molar refractivity (Wildman–Crippen MR) is 167 cm³/mol. The van der Waals surface area contributed by atoms with Crippen molar-refractivity contribution in [1.29, 1.82) is 0 Å². The molecule has 5 rings (SSSR count). The summed E-state index contributed by atoms with van der Waals surface area (Å²) in [5.74, 6) is 0.171. The Balaban J connectivity index is 1.56. The molecule has 44 heavy (non-hydrogen) atoms. The Bertz CT molecular complexity index is 1520. The lowest BCUT2D eigenvalue weighted by Gasteiger charge is -2.42. The number of nitrogens with two attached hydrogens (primary N) is 2. The van der Waals surface area contributed by atoms with Crippen LogP contribution in [0.5, 0.6) is 5.75 Å². The zero-order valence-corrected chi connectivity index (χ0v) is 26.0. The summed E-state index contributed by atoms with van der Waals surface area (Å²) in [6, 6.07) is 22.0. The summed E-state index contributed by atoms with van der Waals surface area (Å²) in [7, 11) is -4.15. The van der Waals surface area contributed by atoms with Crippen LogP contribution in [0.3, 0.4) is 0 Å². The fourth-order valence-corrected chi connectivity index (χ4v) is 7.06. The van der Waals surface area contributed by atoms with Gasteiger partial charge in [-0.2, -0.15) is 0 Å². The van der Waals surface area contributed by atoms with E-state index in [9.17, 15) is 13.2 Å². The zero-order chi connectivity index (χ0) is 31.2. The first-order valence-electron chi connectivity index (χ1n) is 15.4. The molecule has 4 N–H and O–H groups in total. The van der Waals surface area contributed by atoms with E-state index >= 15 is 0 Å². The van der Waals surface area contributed by atoms with Crippen LogP contribution >= 0.6 is 0 Å². The third-order valence-corrected chi connectivity index (χ3v) is 9.63. The second kappa shape index (κ2) is 14.1. The van der Waals surface area contributed by atoms with E-state index in [1.807, 2.05) is 67.6 Å². The molecule has 10 heteroatoms. The molecule has 0 aromatic heterocycles. The van der Waals surface area contributed by atoms with Crippen molar-refractivity contribution in [3.05, 3.63) is 83.9 Å². The van der Waals surface area contributed by atoms with Crippen LogP contribution in [-0.2, 0) is 29.8 Å². The van der Waals surface area contributed by atoms with Crippen molar-refractivity contribution < 1.29 is 32.2 Å². The number of ether oxygens (including phenoxy) is 4. The number of sulfonamides is 1. The first kappa shape index (κ1) is 32.0. The molecule has 0 bridgehead atoms. The summed E-state index contributed by atoms with van der Waals surface area (Å²) in [5, 5.41) is 5.82. The van der Waals surface area contributed by atoms with Crippen molar-refractivity contribution in [3.63, 3.8) is 0 Å². The van der Waals surface area contributed by atoms with E-state index in [4.69, 9.17) is 29.8 Å². The lowest BCUT2D eigenvalue weighted by molar-refractivity contribution is -0.245. The molecular weight excluding hydrogens is 580 g/mol. The molecule has 1 aliphatic carbocycles. The summed E-state index contributed by atoms with van der Waals surface area (Å²) >= 11 is 0. The van der Waals surface area contributed by atoms with Crippen LogP contribution < -0.4 is 15.6 Å². The Morgan fingerprint density at radius 2 is 1.70 bits per heavy atom. The van der Waals surface area contributed by atoms with Gasteiger partial charge in [-0.05, 0) is 79.8 Å². The number of primary amides is 1. The van der Waals surface area contributed by atoms with Crippen molar-refractivity contribution in [3.8, 4) is 16.9 Å². The van der Waals surface area contributed by atoms with Crippen LogP contribution in [-0.4, -0.2) is 40.1 Å². The van der Waals surface area contributed by atoms with Crippen molar-refractivity contribution >= 4 is 16.1 Å². The molecule has 236 valence electrons. The highest BCUT2D eigenvalue weighted by Gasteiger charge is 2.44. The van der Waals surface area contributed by atoms with Crippen LogP contribution in [0.2, 0.25) is 0 Å². The maximum absolute atomic E-state index is 13.1. The van der Waals surface area contributed by atoms with Crippen molar-refractivity contribution in [2.75, 3.05) is 13.2 Å². The van der Waals surface area contributed by atoms with Crippen LogP contribution in [0.1, 0.15) is 75.3 Å². The number of hydrogen-bond acceptors (Lipinski definition) is 7. The van der Waals surface area contributed by atoms with E-state index in [-0.39, 0.29) is 17.6 Å². The Kier molecular flexibility index (Phi) is 10.3. The molecule has 0 spiro atoms. The first-order chi connectivity index (χ1) is 21.2. The molecule has 2 aliphatic rings. The molecule has 0 radical (unpaired) electrons. The van der Waals surface area contributed by atoms with Gasteiger partial charge in [-0.25, -0.2) is 18.4 Å². The van der Waals surface area contributed by atoms with E-state index in [2.05, 4.69) is 0 Å². The van der Waals surface area contributed by atoms with Gasteiger partial charge in [0.25, 0.3) is 0 Å². The van der Waals surface area contributed by atoms with E-state index in [0.29, 0.717) is 35.5 Å². The summed E-state index contributed by atoms with van der Waals surface area (Å²) in [6.07, 6.45) is 6.71. The van der Waals surface area contributed by atoms with Gasteiger partial charge in [0.05, 0.1) is 11.0 Å². The fraction of sp³-hybridized carbons (Fsp3) is 0.441. The Labute approximate surface area is 259 Å². The fourth-order valence-electron chi connectivity index (χ4n) is 6.26. The molecule has 1 saturated carbocycles. The maximum Gasteiger partial charge on any atom is 0.404 e. The van der Waals surface area contributed by atoms with Gasteiger partial charge in [-0.3, -0.25) is 0 Å². The lowest BCUT2D eigenvalue weighted by atomic mass is 9.78.